The lowest BCUT2D eigenvalue weighted by Crippen LogP contribution is -2.64. The number of β-lactam (4-membered cyclic amide) rings is 1. The third kappa shape index (κ3) is 3.65. The number of hydrogen-bond donors (Lipinski definition) is 2. The van der Waals surface area contributed by atoms with Crippen LogP contribution in [-0.2, 0) is 4.79 Å². The fourth-order valence-electron chi connectivity index (χ4n) is 3.32. The minimum absolute atomic E-state index is 0.260. The number of nitrogens with two attached hydrogens (primary N) is 1. The number of carbonyl (C=O) groups is 2. The molecule has 2 aliphatic heterocycles. The number of rotatable bonds is 4. The molecule has 0 aromatic heterocycles. The lowest BCUT2D eigenvalue weighted by atomic mass is 9.82. The Balaban J connectivity index is 1.64. The molecule has 0 saturated carbocycles. The highest BCUT2D eigenvalue weighted by Gasteiger charge is 2.51. The van der Waals surface area contributed by atoms with Crippen molar-refractivity contribution in [3.05, 3.63) is 59.4 Å². The average molecular weight is 365 g/mol. The van der Waals surface area contributed by atoms with Crippen LogP contribution < -0.4 is 11.1 Å². The zero-order chi connectivity index (χ0) is 19.6. The third-order valence-corrected chi connectivity index (χ3v) is 5.06. The summed E-state index contributed by atoms with van der Waals surface area (Å²) in [4.78, 5) is 28.0. The molecule has 27 heavy (non-hydrogen) atoms. The molecule has 3 rings (SSSR count). The van der Waals surface area contributed by atoms with Crippen LogP contribution in [0, 0.1) is 17.2 Å². The zero-order valence-electron chi connectivity index (χ0n) is 15.4. The predicted octanol–water partition coefficient (Wildman–Crippen LogP) is 1.87. The normalized spacial score (nSPS) is 22.9. The maximum Gasteiger partial charge on any atom is 0.325 e. The molecular weight excluding hydrogens is 342 g/mol. The average Bonchev–Trinajstić information content (AvgIpc) is 2.66. The monoisotopic (exact) mass is 365 g/mol. The van der Waals surface area contributed by atoms with Gasteiger partial charge in [-0.05, 0) is 30.6 Å². The second kappa shape index (κ2) is 7.54. The van der Waals surface area contributed by atoms with Gasteiger partial charge in [0.2, 0.25) is 5.91 Å². The molecule has 3 N–H and O–H groups in total. The number of nitriles is 1. The highest BCUT2D eigenvalue weighted by Crippen LogP contribution is 2.33. The van der Waals surface area contributed by atoms with Gasteiger partial charge in [-0.2, -0.15) is 5.26 Å². The van der Waals surface area contributed by atoms with Crippen molar-refractivity contribution in [3.8, 4) is 6.07 Å². The molecular formula is C20H23N5O2. The van der Waals surface area contributed by atoms with Crippen molar-refractivity contribution in [1.29, 1.82) is 5.26 Å². The Labute approximate surface area is 158 Å². The molecule has 7 nitrogen and oxygen atoms in total. The summed E-state index contributed by atoms with van der Waals surface area (Å²) in [5.74, 6) is -0.225. The summed E-state index contributed by atoms with van der Waals surface area (Å²) in [5, 5.41) is 12.3. The van der Waals surface area contributed by atoms with Crippen molar-refractivity contribution in [2.45, 2.75) is 25.4 Å². The molecule has 1 fully saturated rings. The lowest BCUT2D eigenvalue weighted by Gasteiger charge is -2.42. The highest BCUT2D eigenvalue weighted by molar-refractivity contribution is 6.02. The fourth-order valence-corrected chi connectivity index (χ4v) is 3.32. The van der Waals surface area contributed by atoms with Crippen molar-refractivity contribution >= 4 is 11.9 Å². The van der Waals surface area contributed by atoms with Crippen LogP contribution in [0.3, 0.4) is 0 Å². The minimum Gasteiger partial charge on any atom is -0.385 e. The van der Waals surface area contributed by atoms with E-state index in [1.54, 1.807) is 0 Å². The molecule has 3 amide bonds. The summed E-state index contributed by atoms with van der Waals surface area (Å²) < 4.78 is 0. The maximum atomic E-state index is 12.5. The van der Waals surface area contributed by atoms with Gasteiger partial charge in [0.25, 0.3) is 0 Å². The molecule has 1 aromatic rings. The first-order chi connectivity index (χ1) is 12.9. The molecule has 1 saturated heterocycles. The number of amides is 3. The zero-order valence-corrected chi connectivity index (χ0v) is 15.4. The van der Waals surface area contributed by atoms with E-state index in [1.807, 2.05) is 61.4 Å². The van der Waals surface area contributed by atoms with E-state index < -0.39 is 18.0 Å². The summed E-state index contributed by atoms with van der Waals surface area (Å²) in [5.41, 5.74) is 7.76. The summed E-state index contributed by atoms with van der Waals surface area (Å²) in [6.07, 6.45) is 4.20. The van der Waals surface area contributed by atoms with E-state index in [0.717, 1.165) is 16.0 Å². The number of urea groups is 1. The largest absolute Gasteiger partial charge is 0.385 e. The molecule has 0 radical (unpaired) electrons. The van der Waals surface area contributed by atoms with Crippen molar-refractivity contribution < 1.29 is 9.59 Å². The summed E-state index contributed by atoms with van der Waals surface area (Å²) in [7, 11) is 1.88. The number of nitrogens with zero attached hydrogens (tertiary/aromatic N) is 3. The van der Waals surface area contributed by atoms with E-state index in [1.165, 1.54) is 0 Å². The van der Waals surface area contributed by atoms with Crippen LogP contribution in [0.2, 0.25) is 0 Å². The van der Waals surface area contributed by atoms with E-state index in [-0.39, 0.29) is 11.9 Å². The predicted molar refractivity (Wildman–Crippen MR) is 101 cm³/mol. The maximum absolute atomic E-state index is 12.5. The van der Waals surface area contributed by atoms with Gasteiger partial charge in [-0.15, -0.1) is 0 Å². The van der Waals surface area contributed by atoms with E-state index in [4.69, 9.17) is 5.73 Å². The third-order valence-electron chi connectivity index (χ3n) is 5.06. The Morgan fingerprint density at radius 3 is 2.74 bits per heavy atom. The number of nitrogens with one attached hydrogen (secondary N) is 1. The van der Waals surface area contributed by atoms with Crippen molar-refractivity contribution in [3.63, 3.8) is 0 Å². The van der Waals surface area contributed by atoms with Gasteiger partial charge in [-0.25, -0.2) is 9.69 Å². The Hall–Kier alpha value is -3.27. The molecule has 2 heterocycles. The number of likely N-dealkylation sites (N-methyl/N-ethyl adjacent to an activating group) is 1. The summed E-state index contributed by atoms with van der Waals surface area (Å²) in [6.45, 7) is 2.50. The summed E-state index contributed by atoms with van der Waals surface area (Å²) in [6, 6.07) is 9.99. The van der Waals surface area contributed by atoms with Gasteiger partial charge in [0, 0.05) is 13.6 Å². The first kappa shape index (κ1) is 18.5. The quantitative estimate of drug-likeness (QED) is 0.793. The first-order valence-electron chi connectivity index (χ1n) is 8.88. The van der Waals surface area contributed by atoms with Gasteiger partial charge in [0.1, 0.15) is 6.04 Å². The van der Waals surface area contributed by atoms with Gasteiger partial charge >= 0.3 is 6.03 Å². The van der Waals surface area contributed by atoms with Gasteiger partial charge in [-0.1, -0.05) is 36.4 Å². The van der Waals surface area contributed by atoms with E-state index in [0.29, 0.717) is 18.8 Å². The second-order valence-corrected chi connectivity index (χ2v) is 6.90. The number of hydrogen-bond acceptors (Lipinski definition) is 5. The van der Waals surface area contributed by atoms with Crippen molar-refractivity contribution in [2.24, 2.45) is 11.7 Å². The molecule has 2 aliphatic rings. The minimum atomic E-state index is -0.768. The van der Waals surface area contributed by atoms with Crippen LogP contribution in [0.1, 0.15) is 24.9 Å². The molecule has 0 bridgehead atoms. The van der Waals surface area contributed by atoms with Crippen LogP contribution in [0.4, 0.5) is 4.79 Å². The first-order valence-corrected chi connectivity index (χ1v) is 8.88. The molecule has 7 heteroatoms. The van der Waals surface area contributed by atoms with Crippen LogP contribution in [0.15, 0.2) is 53.9 Å². The molecule has 140 valence electrons. The van der Waals surface area contributed by atoms with Crippen LogP contribution in [0.5, 0.6) is 0 Å². The standard InChI is InChI=1S/C20H23N5O2/c1-13(15-6-4-3-5-7-15)23-20(27)25-17(12-21)16(19(25)26)10-14-8-9-24(2)18(22)11-14/h3-8,11,13,16-17H,9-10,22H2,1-2H3,(H,23,27)/t13?,16-,17?/m1/s1. The molecule has 0 spiro atoms. The molecule has 1 aromatic carbocycles. The molecule has 3 atom stereocenters. The Bertz CT molecular complexity index is 840. The van der Waals surface area contributed by atoms with Crippen LogP contribution >= 0.6 is 0 Å². The van der Waals surface area contributed by atoms with Gasteiger partial charge in [0.15, 0.2) is 0 Å². The van der Waals surface area contributed by atoms with Crippen LogP contribution in [0.25, 0.3) is 0 Å². The van der Waals surface area contributed by atoms with Crippen molar-refractivity contribution in [2.75, 3.05) is 13.6 Å². The topological polar surface area (TPSA) is 102 Å². The Kier molecular flexibility index (Phi) is 5.17. The van der Waals surface area contributed by atoms with E-state index in [2.05, 4.69) is 11.4 Å². The number of imide groups is 1. The van der Waals surface area contributed by atoms with E-state index >= 15 is 0 Å². The number of benzene rings is 1. The van der Waals surface area contributed by atoms with Gasteiger partial charge in [-0.3, -0.25) is 4.79 Å². The van der Waals surface area contributed by atoms with Crippen molar-refractivity contribution in [1.82, 2.24) is 15.1 Å². The lowest BCUT2D eigenvalue weighted by molar-refractivity contribution is -0.146. The molecule has 2 unspecified atom stereocenters. The Morgan fingerprint density at radius 2 is 2.11 bits per heavy atom. The second-order valence-electron chi connectivity index (χ2n) is 6.90. The van der Waals surface area contributed by atoms with Gasteiger partial charge < -0.3 is 16.0 Å². The fraction of sp³-hybridized carbons (Fsp3) is 0.350. The SMILES string of the molecule is CC(NC(=O)N1C(=O)[C@H](CC2=CCN(C)C(N)=C2)C1C#N)c1ccccc1. The highest BCUT2D eigenvalue weighted by atomic mass is 16.2. The van der Waals surface area contributed by atoms with E-state index in [9.17, 15) is 14.9 Å². The molecule has 0 aliphatic carbocycles. The number of likely N-dealkylation sites (tertiary alicyclic amines) is 1. The number of allylic oxidation sites excluding steroid dienone is 2. The summed E-state index contributed by atoms with van der Waals surface area (Å²) >= 11 is 0. The smallest absolute Gasteiger partial charge is 0.325 e. The Morgan fingerprint density at radius 1 is 1.41 bits per heavy atom. The van der Waals surface area contributed by atoms with Gasteiger partial charge in [0.05, 0.1) is 23.8 Å². The number of carbonyl (C=O) groups excluding carboxylic acids is 2. The van der Waals surface area contributed by atoms with Crippen LogP contribution in [-0.4, -0.2) is 41.4 Å².